The summed E-state index contributed by atoms with van der Waals surface area (Å²) in [6.45, 7) is 0. The molecule has 4 rings (SSSR count). The molecule has 0 aliphatic heterocycles. The highest BCUT2D eigenvalue weighted by molar-refractivity contribution is 7.99. The van der Waals surface area contributed by atoms with Crippen molar-refractivity contribution in [2.24, 2.45) is 0 Å². The van der Waals surface area contributed by atoms with Crippen LogP contribution in [0.25, 0.3) is 5.69 Å². The van der Waals surface area contributed by atoms with Crippen molar-refractivity contribution < 1.29 is 13.6 Å². The molecule has 1 heterocycles. The lowest BCUT2D eigenvalue weighted by Gasteiger charge is -2.09. The van der Waals surface area contributed by atoms with E-state index < -0.39 is 5.76 Å². The van der Waals surface area contributed by atoms with E-state index in [0.29, 0.717) is 34.0 Å². The van der Waals surface area contributed by atoms with Crippen LogP contribution in [0, 0.1) is 0 Å². The van der Waals surface area contributed by atoms with E-state index in [2.05, 4.69) is 10.4 Å². The number of rotatable bonds is 6. The van der Waals surface area contributed by atoms with E-state index in [0.717, 1.165) is 24.2 Å². The highest BCUT2D eigenvalue weighted by atomic mass is 32.2. The molecule has 4 nitrogen and oxygen atoms in total. The smallest absolute Gasteiger partial charge is 0.288 e. The van der Waals surface area contributed by atoms with E-state index >= 15 is 0 Å². The van der Waals surface area contributed by atoms with Crippen molar-refractivity contribution in [3.63, 3.8) is 0 Å². The number of nitrogens with one attached hydrogen (secondary N) is 1. The Kier molecular flexibility index (Phi) is 4.94. The fourth-order valence-electron chi connectivity index (χ4n) is 2.82. The van der Waals surface area contributed by atoms with Crippen molar-refractivity contribution >= 4 is 23.4 Å². The van der Waals surface area contributed by atoms with Gasteiger partial charge in [0.25, 0.3) is 11.7 Å². The fourth-order valence-corrected chi connectivity index (χ4v) is 3.32. The second kappa shape index (κ2) is 7.52. The first-order valence-electron chi connectivity index (χ1n) is 8.62. The maximum Gasteiger partial charge on any atom is 0.288 e. The van der Waals surface area contributed by atoms with Crippen molar-refractivity contribution in [1.29, 1.82) is 0 Å². The van der Waals surface area contributed by atoms with Crippen molar-refractivity contribution in [3.05, 3.63) is 72.1 Å². The molecule has 0 radical (unpaired) electrons. The van der Waals surface area contributed by atoms with E-state index in [-0.39, 0.29) is 5.91 Å². The van der Waals surface area contributed by atoms with E-state index in [1.807, 2.05) is 36.4 Å². The summed E-state index contributed by atoms with van der Waals surface area (Å²) in [5, 5.41) is 7.45. The molecule has 0 saturated heterocycles. The van der Waals surface area contributed by atoms with Gasteiger partial charge in [-0.3, -0.25) is 4.79 Å². The van der Waals surface area contributed by atoms with Gasteiger partial charge in [-0.05, 0) is 55.3 Å². The minimum absolute atomic E-state index is 0.285. The number of benzene rings is 2. The molecule has 1 amide bonds. The SMILES string of the molecule is O=C(Nc1ccc(SC(F)F)cc1)c1cc(C2CC2)nn1-c1ccccc1. The van der Waals surface area contributed by atoms with Crippen molar-refractivity contribution in [1.82, 2.24) is 9.78 Å². The van der Waals surface area contributed by atoms with Gasteiger partial charge in [0.05, 0.1) is 11.4 Å². The zero-order valence-electron chi connectivity index (χ0n) is 14.3. The van der Waals surface area contributed by atoms with Gasteiger partial charge in [0.1, 0.15) is 5.69 Å². The van der Waals surface area contributed by atoms with E-state index in [4.69, 9.17) is 0 Å². The Bertz CT molecular complexity index is 938. The number of hydrogen-bond donors (Lipinski definition) is 1. The van der Waals surface area contributed by atoms with Crippen molar-refractivity contribution in [2.45, 2.75) is 29.4 Å². The van der Waals surface area contributed by atoms with Gasteiger partial charge in [0.2, 0.25) is 0 Å². The first-order valence-corrected chi connectivity index (χ1v) is 9.50. The molecule has 1 saturated carbocycles. The van der Waals surface area contributed by atoms with Gasteiger partial charge < -0.3 is 5.32 Å². The summed E-state index contributed by atoms with van der Waals surface area (Å²) in [5.74, 6) is -2.33. The monoisotopic (exact) mass is 385 g/mol. The molecule has 1 N–H and O–H groups in total. The number of hydrogen-bond acceptors (Lipinski definition) is 3. The minimum Gasteiger partial charge on any atom is -0.321 e. The lowest BCUT2D eigenvalue weighted by atomic mass is 10.2. The van der Waals surface area contributed by atoms with Crippen LogP contribution in [-0.2, 0) is 0 Å². The van der Waals surface area contributed by atoms with Gasteiger partial charge in [0, 0.05) is 16.5 Å². The number of amides is 1. The largest absolute Gasteiger partial charge is 0.321 e. The Morgan fingerprint density at radius 3 is 2.44 bits per heavy atom. The number of anilines is 1. The molecule has 3 aromatic rings. The molecule has 7 heteroatoms. The highest BCUT2D eigenvalue weighted by Crippen LogP contribution is 2.39. The summed E-state index contributed by atoms with van der Waals surface area (Å²) >= 11 is 0.475. The molecule has 1 aromatic heterocycles. The Hall–Kier alpha value is -2.67. The number of aromatic nitrogens is 2. The minimum atomic E-state index is -2.47. The number of carbonyl (C=O) groups is 1. The third-order valence-corrected chi connectivity index (χ3v) is 5.02. The molecule has 1 aliphatic carbocycles. The first-order chi connectivity index (χ1) is 13.1. The standard InChI is InChI=1S/C20H17F2N3OS/c21-20(22)27-16-10-8-14(9-11-16)23-19(26)18-12-17(13-6-7-13)24-25(18)15-4-2-1-3-5-15/h1-5,8-13,20H,6-7H2,(H,23,26). The van der Waals surface area contributed by atoms with Crippen LogP contribution in [0.4, 0.5) is 14.5 Å². The van der Waals surface area contributed by atoms with Gasteiger partial charge in [-0.15, -0.1) is 0 Å². The van der Waals surface area contributed by atoms with E-state index in [9.17, 15) is 13.6 Å². The number of para-hydroxylation sites is 1. The Labute approximate surface area is 159 Å². The molecular weight excluding hydrogens is 368 g/mol. The van der Waals surface area contributed by atoms with E-state index in [1.54, 1.807) is 28.9 Å². The molecular formula is C20H17F2N3OS. The summed E-state index contributed by atoms with van der Waals surface area (Å²) in [6.07, 6.45) is 2.19. The van der Waals surface area contributed by atoms with Gasteiger partial charge in [-0.2, -0.15) is 13.9 Å². The van der Waals surface area contributed by atoms with Crippen molar-refractivity contribution in [2.75, 3.05) is 5.32 Å². The molecule has 1 fully saturated rings. The predicted octanol–water partition coefficient (Wildman–Crippen LogP) is 5.32. The molecule has 2 aromatic carbocycles. The van der Waals surface area contributed by atoms with E-state index in [1.165, 1.54) is 0 Å². The lowest BCUT2D eigenvalue weighted by molar-refractivity contribution is 0.101. The number of halogens is 2. The summed E-state index contributed by atoms with van der Waals surface area (Å²) in [5.41, 5.74) is 2.74. The second-order valence-electron chi connectivity index (χ2n) is 6.33. The normalized spacial score (nSPS) is 13.7. The fraction of sp³-hybridized carbons (Fsp3) is 0.200. The first kappa shape index (κ1) is 17.7. The van der Waals surface area contributed by atoms with Gasteiger partial charge in [-0.25, -0.2) is 4.68 Å². The zero-order chi connectivity index (χ0) is 18.8. The summed E-state index contributed by atoms with van der Waals surface area (Å²) in [6, 6.07) is 17.7. The van der Waals surface area contributed by atoms with Crippen LogP contribution in [0.1, 0.15) is 34.9 Å². The Morgan fingerprint density at radius 1 is 1.11 bits per heavy atom. The number of nitrogens with zero attached hydrogens (tertiary/aromatic N) is 2. The molecule has 27 heavy (non-hydrogen) atoms. The summed E-state index contributed by atoms with van der Waals surface area (Å²) in [7, 11) is 0. The zero-order valence-corrected chi connectivity index (χ0v) is 15.1. The topological polar surface area (TPSA) is 46.9 Å². The van der Waals surface area contributed by atoms with Gasteiger partial charge in [-0.1, -0.05) is 30.0 Å². The lowest BCUT2D eigenvalue weighted by Crippen LogP contribution is -2.16. The molecule has 0 atom stereocenters. The van der Waals surface area contributed by atoms with Gasteiger partial charge in [0.15, 0.2) is 0 Å². The summed E-state index contributed by atoms with van der Waals surface area (Å²) < 4.78 is 26.5. The van der Waals surface area contributed by atoms with Crippen molar-refractivity contribution in [3.8, 4) is 5.69 Å². The van der Waals surface area contributed by atoms with Crippen LogP contribution in [-0.4, -0.2) is 21.4 Å². The highest BCUT2D eigenvalue weighted by Gasteiger charge is 2.29. The molecule has 0 spiro atoms. The quantitative estimate of drug-likeness (QED) is 0.585. The van der Waals surface area contributed by atoms with Crippen LogP contribution in [0.2, 0.25) is 0 Å². The van der Waals surface area contributed by atoms with Crippen LogP contribution < -0.4 is 5.32 Å². The maximum atomic E-state index is 12.8. The number of carbonyl (C=O) groups excluding carboxylic acids is 1. The summed E-state index contributed by atoms with van der Waals surface area (Å²) in [4.78, 5) is 13.3. The molecule has 0 bridgehead atoms. The maximum absolute atomic E-state index is 12.8. The van der Waals surface area contributed by atoms with Crippen LogP contribution >= 0.6 is 11.8 Å². The Morgan fingerprint density at radius 2 is 1.81 bits per heavy atom. The van der Waals surface area contributed by atoms with Crippen LogP contribution in [0.15, 0.2) is 65.6 Å². The average Bonchev–Trinajstić information content (AvgIpc) is 3.42. The van der Waals surface area contributed by atoms with Gasteiger partial charge >= 0.3 is 0 Å². The third-order valence-electron chi connectivity index (χ3n) is 4.29. The molecule has 1 aliphatic rings. The number of thioether (sulfide) groups is 1. The predicted molar refractivity (Wildman–Crippen MR) is 102 cm³/mol. The van der Waals surface area contributed by atoms with Crippen LogP contribution in [0.3, 0.4) is 0 Å². The molecule has 138 valence electrons. The third kappa shape index (κ3) is 4.19. The number of alkyl halides is 2. The average molecular weight is 385 g/mol. The molecule has 0 unspecified atom stereocenters. The second-order valence-corrected chi connectivity index (χ2v) is 7.40. The van der Waals surface area contributed by atoms with Crippen LogP contribution in [0.5, 0.6) is 0 Å². The Balaban J connectivity index is 1.58.